The number of guanidine groups is 1. The van der Waals surface area contributed by atoms with Gasteiger partial charge in [-0.3, -0.25) is 4.99 Å². The maximum absolute atomic E-state index is 6.05. The minimum atomic E-state index is 0. The number of benzene rings is 1. The van der Waals surface area contributed by atoms with Crippen molar-refractivity contribution in [2.45, 2.75) is 53.0 Å². The summed E-state index contributed by atoms with van der Waals surface area (Å²) in [6.45, 7) is 10.5. The van der Waals surface area contributed by atoms with E-state index in [0.29, 0.717) is 6.54 Å². The molecule has 0 radical (unpaired) electrons. The Morgan fingerprint density at radius 1 is 1.22 bits per heavy atom. The average Bonchev–Trinajstić information content (AvgIpc) is 2.61. The van der Waals surface area contributed by atoms with Crippen LogP contribution in [-0.4, -0.2) is 39.4 Å². The first-order chi connectivity index (χ1) is 12.6. The second-order valence-electron chi connectivity index (χ2n) is 7.60. The Morgan fingerprint density at radius 2 is 2.00 bits per heavy atom. The van der Waals surface area contributed by atoms with Gasteiger partial charge in [0.05, 0.1) is 19.8 Å². The standard InChI is InChI=1S/C21H35N3O2.HI/c1-5-6-7-8-11-26-19-12-17(2)9-10-18(19)13-23-20(22-4)24-14-21(3)15-25-16-21;/h9-10,12H,5-8,11,13-16H2,1-4H3,(H2,22,23,24);1H. The van der Waals surface area contributed by atoms with Crippen LogP contribution in [-0.2, 0) is 11.3 Å². The van der Waals surface area contributed by atoms with Crippen LogP contribution >= 0.6 is 24.0 Å². The van der Waals surface area contributed by atoms with Crippen LogP contribution in [0.5, 0.6) is 5.75 Å². The number of hydrogen-bond donors (Lipinski definition) is 2. The first-order valence-corrected chi connectivity index (χ1v) is 9.81. The molecule has 1 aliphatic rings. The summed E-state index contributed by atoms with van der Waals surface area (Å²) in [6.07, 6.45) is 4.86. The molecule has 0 saturated carbocycles. The van der Waals surface area contributed by atoms with Crippen LogP contribution in [0.1, 0.15) is 50.7 Å². The smallest absolute Gasteiger partial charge is 0.191 e. The minimum Gasteiger partial charge on any atom is -0.493 e. The molecule has 2 N–H and O–H groups in total. The molecule has 1 aliphatic heterocycles. The van der Waals surface area contributed by atoms with Crippen molar-refractivity contribution < 1.29 is 9.47 Å². The zero-order valence-electron chi connectivity index (χ0n) is 17.3. The van der Waals surface area contributed by atoms with E-state index in [1.807, 2.05) is 0 Å². The first-order valence-electron chi connectivity index (χ1n) is 9.81. The molecule has 1 saturated heterocycles. The largest absolute Gasteiger partial charge is 0.493 e. The Morgan fingerprint density at radius 3 is 2.63 bits per heavy atom. The zero-order valence-corrected chi connectivity index (χ0v) is 19.6. The molecule has 0 aromatic heterocycles. The molecule has 5 nitrogen and oxygen atoms in total. The molecule has 2 rings (SSSR count). The second-order valence-corrected chi connectivity index (χ2v) is 7.60. The van der Waals surface area contributed by atoms with E-state index in [4.69, 9.17) is 9.47 Å². The van der Waals surface area contributed by atoms with Crippen LogP contribution in [0.2, 0.25) is 0 Å². The summed E-state index contributed by atoms with van der Waals surface area (Å²) in [7, 11) is 1.80. The quantitative estimate of drug-likeness (QED) is 0.223. The fourth-order valence-corrected chi connectivity index (χ4v) is 2.90. The van der Waals surface area contributed by atoms with Crippen molar-refractivity contribution in [1.29, 1.82) is 0 Å². The van der Waals surface area contributed by atoms with Gasteiger partial charge in [-0.2, -0.15) is 0 Å². The van der Waals surface area contributed by atoms with E-state index in [1.165, 1.54) is 24.8 Å². The molecule has 6 heteroatoms. The molecule has 1 fully saturated rings. The zero-order chi connectivity index (χ0) is 18.8. The highest BCUT2D eigenvalue weighted by atomic mass is 127. The summed E-state index contributed by atoms with van der Waals surface area (Å²) in [4.78, 5) is 4.32. The molecular weight excluding hydrogens is 453 g/mol. The normalized spacial score (nSPS) is 15.5. The van der Waals surface area contributed by atoms with Crippen molar-refractivity contribution >= 4 is 29.9 Å². The Hall–Kier alpha value is -1.02. The molecule has 0 spiro atoms. The van der Waals surface area contributed by atoms with Gasteiger partial charge in [-0.05, 0) is 25.0 Å². The Bertz CT molecular complexity index is 589. The number of aliphatic imine (C=N–C) groups is 1. The number of aryl methyl sites for hydroxylation is 1. The summed E-state index contributed by atoms with van der Waals surface area (Å²) < 4.78 is 11.4. The molecule has 1 heterocycles. The highest BCUT2D eigenvalue weighted by Crippen LogP contribution is 2.25. The SMILES string of the molecule is CCCCCCOc1cc(C)ccc1CNC(=NC)NCC1(C)COC1.I. The van der Waals surface area contributed by atoms with Crippen LogP contribution in [0.3, 0.4) is 0 Å². The van der Waals surface area contributed by atoms with Gasteiger partial charge in [0, 0.05) is 31.1 Å². The van der Waals surface area contributed by atoms with Gasteiger partial charge >= 0.3 is 0 Å². The average molecular weight is 489 g/mol. The first kappa shape index (κ1) is 24.0. The van der Waals surface area contributed by atoms with Gasteiger partial charge < -0.3 is 20.1 Å². The van der Waals surface area contributed by atoms with Crippen LogP contribution in [0.15, 0.2) is 23.2 Å². The predicted molar refractivity (Wildman–Crippen MR) is 123 cm³/mol. The van der Waals surface area contributed by atoms with E-state index in [-0.39, 0.29) is 29.4 Å². The molecule has 0 bridgehead atoms. The van der Waals surface area contributed by atoms with Crippen LogP contribution in [0.4, 0.5) is 0 Å². The lowest BCUT2D eigenvalue weighted by Gasteiger charge is -2.38. The van der Waals surface area contributed by atoms with E-state index in [0.717, 1.165) is 50.1 Å². The van der Waals surface area contributed by atoms with Crippen molar-refractivity contribution in [3.63, 3.8) is 0 Å². The van der Waals surface area contributed by atoms with Crippen LogP contribution < -0.4 is 15.4 Å². The lowest BCUT2D eigenvalue weighted by atomic mass is 9.89. The van der Waals surface area contributed by atoms with Gasteiger partial charge in [0.15, 0.2) is 5.96 Å². The van der Waals surface area contributed by atoms with Crippen molar-refractivity contribution in [3.8, 4) is 5.75 Å². The highest BCUT2D eigenvalue weighted by Gasteiger charge is 2.33. The lowest BCUT2D eigenvalue weighted by molar-refractivity contribution is -0.0971. The van der Waals surface area contributed by atoms with Crippen molar-refractivity contribution in [3.05, 3.63) is 29.3 Å². The molecule has 0 atom stereocenters. The van der Waals surface area contributed by atoms with Gasteiger partial charge in [0.2, 0.25) is 0 Å². The molecule has 0 unspecified atom stereocenters. The summed E-state index contributed by atoms with van der Waals surface area (Å²) in [5.74, 6) is 1.79. The molecule has 1 aromatic rings. The van der Waals surface area contributed by atoms with E-state index in [9.17, 15) is 0 Å². The van der Waals surface area contributed by atoms with Crippen LogP contribution in [0.25, 0.3) is 0 Å². The van der Waals surface area contributed by atoms with Gasteiger partial charge in [-0.15, -0.1) is 24.0 Å². The number of hydrogen-bond acceptors (Lipinski definition) is 3. The molecule has 1 aromatic carbocycles. The maximum atomic E-state index is 6.05. The third-order valence-corrected chi connectivity index (χ3v) is 4.73. The number of halogens is 1. The van der Waals surface area contributed by atoms with Gasteiger partial charge in [-0.1, -0.05) is 45.2 Å². The number of nitrogens with zero attached hydrogens (tertiary/aromatic N) is 1. The predicted octanol–water partition coefficient (Wildman–Crippen LogP) is 4.27. The van der Waals surface area contributed by atoms with E-state index < -0.39 is 0 Å². The Balaban J connectivity index is 0.00000364. The van der Waals surface area contributed by atoms with E-state index >= 15 is 0 Å². The maximum Gasteiger partial charge on any atom is 0.191 e. The van der Waals surface area contributed by atoms with Crippen molar-refractivity contribution in [2.75, 3.05) is 33.4 Å². The lowest BCUT2D eigenvalue weighted by Crippen LogP contribution is -2.50. The summed E-state index contributed by atoms with van der Waals surface area (Å²) >= 11 is 0. The molecule has 0 aliphatic carbocycles. The molecule has 0 amide bonds. The number of rotatable bonds is 10. The van der Waals surface area contributed by atoms with Gasteiger partial charge in [-0.25, -0.2) is 0 Å². The Labute approximate surface area is 181 Å². The third-order valence-electron chi connectivity index (χ3n) is 4.73. The monoisotopic (exact) mass is 489 g/mol. The highest BCUT2D eigenvalue weighted by molar-refractivity contribution is 14.0. The third kappa shape index (κ3) is 8.25. The molecule has 27 heavy (non-hydrogen) atoms. The van der Waals surface area contributed by atoms with E-state index in [2.05, 4.69) is 54.6 Å². The summed E-state index contributed by atoms with van der Waals surface area (Å²) in [5, 5.41) is 6.79. The second kappa shape index (κ2) is 12.4. The summed E-state index contributed by atoms with van der Waals surface area (Å²) in [5.41, 5.74) is 2.60. The number of nitrogens with one attached hydrogen (secondary N) is 2. The van der Waals surface area contributed by atoms with E-state index in [1.54, 1.807) is 7.05 Å². The fraction of sp³-hybridized carbons (Fsp3) is 0.667. The number of unbranched alkanes of at least 4 members (excludes halogenated alkanes) is 3. The number of ether oxygens (including phenoxy) is 2. The van der Waals surface area contributed by atoms with Crippen LogP contribution in [0, 0.1) is 12.3 Å². The Kier molecular flexibility index (Phi) is 11.1. The van der Waals surface area contributed by atoms with Gasteiger partial charge in [0.1, 0.15) is 5.75 Å². The van der Waals surface area contributed by atoms with Crippen molar-refractivity contribution in [1.82, 2.24) is 10.6 Å². The minimum absolute atomic E-state index is 0. The van der Waals surface area contributed by atoms with Gasteiger partial charge in [0.25, 0.3) is 0 Å². The fourth-order valence-electron chi connectivity index (χ4n) is 2.90. The van der Waals surface area contributed by atoms with Crippen molar-refractivity contribution in [2.24, 2.45) is 10.4 Å². The topological polar surface area (TPSA) is 54.9 Å². The summed E-state index contributed by atoms with van der Waals surface area (Å²) in [6, 6.07) is 6.39. The molecule has 154 valence electrons. The molecular formula is C21H36IN3O2.